The molecule has 2 aromatic carbocycles. The molecule has 1 aliphatic carbocycles. The van der Waals surface area contributed by atoms with Gasteiger partial charge in [0.15, 0.2) is 0 Å². The van der Waals surface area contributed by atoms with E-state index in [0.717, 1.165) is 74.6 Å². The topological polar surface area (TPSA) is 43.9 Å². The van der Waals surface area contributed by atoms with Crippen LogP contribution in [0.15, 0.2) is 36.4 Å². The first-order valence-electron chi connectivity index (χ1n) is 13.3. The molecular formula is C29H34FN3O2. The predicted molar refractivity (Wildman–Crippen MR) is 134 cm³/mol. The van der Waals surface area contributed by atoms with Crippen molar-refractivity contribution >= 4 is 11.8 Å². The third kappa shape index (κ3) is 4.06. The molecule has 2 saturated heterocycles. The van der Waals surface area contributed by atoms with Gasteiger partial charge in [-0.3, -0.25) is 14.5 Å². The average molecular weight is 476 g/mol. The van der Waals surface area contributed by atoms with E-state index in [1.165, 1.54) is 25.3 Å². The van der Waals surface area contributed by atoms with Gasteiger partial charge in [0.25, 0.3) is 11.8 Å². The number of hydrogen-bond donors (Lipinski definition) is 0. The second-order valence-electron chi connectivity index (χ2n) is 10.8. The van der Waals surface area contributed by atoms with Crippen molar-refractivity contribution in [2.75, 3.05) is 26.2 Å². The number of benzene rings is 2. The standard InChI is InChI=1S/C29H34FN3O2/c1-19-4-3-13-32(19)28(34)22-8-9-25(27(30)17-22)20-7-10-26-21(16-20)11-15-33(29(26)35)24-12-14-31(18-24)23-5-2-6-23/h7-10,16-17,19,23-24H,2-6,11-15,18H2,1H3/t19-,24+/m1/s1. The van der Waals surface area contributed by atoms with E-state index in [4.69, 9.17) is 0 Å². The van der Waals surface area contributed by atoms with Crippen LogP contribution < -0.4 is 0 Å². The van der Waals surface area contributed by atoms with Crippen molar-refractivity contribution in [3.05, 3.63) is 58.9 Å². The lowest BCUT2D eigenvalue weighted by molar-refractivity contribution is 0.0646. The molecule has 2 aromatic rings. The highest BCUT2D eigenvalue weighted by Crippen LogP contribution is 2.33. The van der Waals surface area contributed by atoms with Gasteiger partial charge in [-0.1, -0.05) is 24.6 Å². The van der Waals surface area contributed by atoms with Gasteiger partial charge < -0.3 is 9.80 Å². The van der Waals surface area contributed by atoms with Gasteiger partial charge >= 0.3 is 0 Å². The molecule has 0 unspecified atom stereocenters. The van der Waals surface area contributed by atoms with Crippen LogP contribution in [0.25, 0.3) is 11.1 Å². The molecule has 0 aromatic heterocycles. The maximum absolute atomic E-state index is 15.1. The summed E-state index contributed by atoms with van der Waals surface area (Å²) in [7, 11) is 0. The molecule has 2 atom stereocenters. The predicted octanol–water partition coefficient (Wildman–Crippen LogP) is 4.74. The van der Waals surface area contributed by atoms with Crippen molar-refractivity contribution in [3.63, 3.8) is 0 Å². The highest BCUT2D eigenvalue weighted by molar-refractivity contribution is 5.98. The van der Waals surface area contributed by atoms with Gasteiger partial charge in [0.1, 0.15) is 5.82 Å². The van der Waals surface area contributed by atoms with Crippen molar-refractivity contribution < 1.29 is 14.0 Å². The Hall–Kier alpha value is -2.73. The third-order valence-electron chi connectivity index (χ3n) is 8.79. The molecule has 0 N–H and O–H groups in total. The highest BCUT2D eigenvalue weighted by atomic mass is 19.1. The molecule has 2 amide bonds. The number of rotatable bonds is 4. The van der Waals surface area contributed by atoms with Crippen molar-refractivity contribution in [1.29, 1.82) is 0 Å². The largest absolute Gasteiger partial charge is 0.336 e. The first-order valence-corrected chi connectivity index (χ1v) is 13.3. The van der Waals surface area contributed by atoms with Crippen molar-refractivity contribution in [1.82, 2.24) is 14.7 Å². The Balaban J connectivity index is 1.18. The SMILES string of the molecule is C[C@@H]1CCCN1C(=O)c1ccc(-c2ccc3c(c2)CCN([C@H]2CCN(C4CCC4)C2)C3=O)c(F)c1. The number of carbonyl (C=O) groups excluding carboxylic acids is 2. The number of halogens is 1. The van der Waals surface area contributed by atoms with Gasteiger partial charge in [-0.15, -0.1) is 0 Å². The number of likely N-dealkylation sites (tertiary alicyclic amines) is 2. The molecule has 35 heavy (non-hydrogen) atoms. The van der Waals surface area contributed by atoms with Crippen LogP contribution in [0.5, 0.6) is 0 Å². The Morgan fingerprint density at radius 2 is 1.74 bits per heavy atom. The van der Waals surface area contributed by atoms with Crippen LogP contribution >= 0.6 is 0 Å². The Morgan fingerprint density at radius 3 is 2.46 bits per heavy atom. The molecule has 3 fully saturated rings. The lowest BCUT2D eigenvalue weighted by Gasteiger charge is -2.37. The van der Waals surface area contributed by atoms with Gasteiger partial charge in [0.2, 0.25) is 0 Å². The van der Waals surface area contributed by atoms with Crippen LogP contribution in [0, 0.1) is 5.82 Å². The molecule has 1 saturated carbocycles. The van der Waals surface area contributed by atoms with E-state index < -0.39 is 5.82 Å². The third-order valence-corrected chi connectivity index (χ3v) is 8.79. The van der Waals surface area contributed by atoms with Gasteiger partial charge in [0.05, 0.1) is 0 Å². The van der Waals surface area contributed by atoms with Crippen LogP contribution in [-0.2, 0) is 6.42 Å². The second-order valence-corrected chi connectivity index (χ2v) is 10.8. The summed E-state index contributed by atoms with van der Waals surface area (Å²) in [6.07, 6.45) is 7.78. The minimum Gasteiger partial charge on any atom is -0.336 e. The highest BCUT2D eigenvalue weighted by Gasteiger charge is 2.37. The summed E-state index contributed by atoms with van der Waals surface area (Å²) in [5.74, 6) is -0.382. The van der Waals surface area contributed by atoms with Crippen LogP contribution in [0.1, 0.15) is 71.7 Å². The van der Waals surface area contributed by atoms with Gasteiger partial charge in [-0.2, -0.15) is 0 Å². The molecule has 4 aliphatic rings. The van der Waals surface area contributed by atoms with E-state index >= 15 is 4.39 Å². The zero-order chi connectivity index (χ0) is 24.1. The van der Waals surface area contributed by atoms with E-state index in [1.807, 2.05) is 30.0 Å². The summed E-state index contributed by atoms with van der Waals surface area (Å²) < 4.78 is 15.1. The average Bonchev–Trinajstić information content (AvgIpc) is 3.47. The van der Waals surface area contributed by atoms with Crippen LogP contribution in [0.4, 0.5) is 4.39 Å². The summed E-state index contributed by atoms with van der Waals surface area (Å²) in [5, 5.41) is 0. The van der Waals surface area contributed by atoms with Crippen molar-refractivity contribution in [2.45, 2.75) is 70.0 Å². The summed E-state index contributed by atoms with van der Waals surface area (Å²) in [5.41, 5.74) is 3.37. The zero-order valence-electron chi connectivity index (χ0n) is 20.5. The first-order chi connectivity index (χ1) is 17.0. The van der Waals surface area contributed by atoms with Gasteiger partial charge in [-0.25, -0.2) is 4.39 Å². The fourth-order valence-electron chi connectivity index (χ4n) is 6.41. The van der Waals surface area contributed by atoms with Crippen LogP contribution in [0.2, 0.25) is 0 Å². The summed E-state index contributed by atoms with van der Waals surface area (Å²) >= 11 is 0. The Bertz CT molecular complexity index is 1160. The molecule has 3 heterocycles. The van der Waals surface area contributed by atoms with Crippen molar-refractivity contribution in [3.8, 4) is 11.1 Å². The number of nitrogens with zero attached hydrogens (tertiary/aromatic N) is 3. The minimum absolute atomic E-state index is 0.0978. The number of carbonyl (C=O) groups is 2. The Morgan fingerprint density at radius 1 is 0.914 bits per heavy atom. The lowest BCUT2D eigenvalue weighted by Crippen LogP contribution is -2.47. The Kier molecular flexibility index (Phi) is 5.87. The Labute approximate surface area is 206 Å². The van der Waals surface area contributed by atoms with Crippen LogP contribution in [0.3, 0.4) is 0 Å². The molecule has 0 radical (unpaired) electrons. The lowest BCUT2D eigenvalue weighted by atomic mass is 9.91. The van der Waals surface area contributed by atoms with Gasteiger partial charge in [-0.05, 0) is 74.8 Å². The summed E-state index contributed by atoms with van der Waals surface area (Å²) in [6, 6.07) is 11.7. The minimum atomic E-state index is -0.395. The molecule has 5 nitrogen and oxygen atoms in total. The van der Waals surface area contributed by atoms with Gasteiger partial charge in [0, 0.05) is 61.0 Å². The molecule has 6 heteroatoms. The molecule has 3 aliphatic heterocycles. The summed E-state index contributed by atoms with van der Waals surface area (Å²) in [4.78, 5) is 32.6. The molecule has 184 valence electrons. The van der Waals surface area contributed by atoms with Crippen molar-refractivity contribution in [2.24, 2.45) is 0 Å². The van der Waals surface area contributed by atoms with E-state index in [-0.39, 0.29) is 17.9 Å². The molecular weight excluding hydrogens is 441 g/mol. The summed E-state index contributed by atoms with van der Waals surface area (Å²) in [6.45, 7) is 5.60. The molecule has 6 rings (SSSR count). The fourth-order valence-corrected chi connectivity index (χ4v) is 6.41. The quantitative estimate of drug-likeness (QED) is 0.642. The van der Waals surface area contributed by atoms with E-state index in [0.29, 0.717) is 17.2 Å². The smallest absolute Gasteiger partial charge is 0.254 e. The normalized spacial score (nSPS) is 25.1. The maximum atomic E-state index is 15.1. The maximum Gasteiger partial charge on any atom is 0.254 e. The number of amides is 2. The molecule has 0 bridgehead atoms. The number of hydrogen-bond acceptors (Lipinski definition) is 3. The monoisotopic (exact) mass is 475 g/mol. The molecule has 0 spiro atoms. The second kappa shape index (κ2) is 9.05. The van der Waals surface area contributed by atoms with E-state index in [9.17, 15) is 9.59 Å². The van der Waals surface area contributed by atoms with E-state index in [1.54, 1.807) is 12.1 Å². The number of fused-ring (bicyclic) bond motifs is 1. The fraction of sp³-hybridized carbons (Fsp3) is 0.517. The zero-order valence-corrected chi connectivity index (χ0v) is 20.5. The van der Waals surface area contributed by atoms with E-state index in [2.05, 4.69) is 9.80 Å². The first kappa shape index (κ1) is 22.7. The van der Waals surface area contributed by atoms with Crippen LogP contribution in [-0.4, -0.2) is 70.8 Å².